The monoisotopic (exact) mass is 454 g/mol. The number of benzene rings is 3. The molecule has 2 aromatic heterocycles. The van der Waals surface area contributed by atoms with E-state index in [4.69, 9.17) is 0 Å². The molecule has 170 valence electrons. The summed E-state index contributed by atoms with van der Waals surface area (Å²) in [5, 5.41) is 4.35. The van der Waals surface area contributed by atoms with Crippen LogP contribution >= 0.6 is 0 Å². The largest absolute Gasteiger partial charge is 0.363 e. The number of aromatic nitrogens is 3. The average molecular weight is 455 g/mol. The van der Waals surface area contributed by atoms with E-state index in [2.05, 4.69) is 34.3 Å². The van der Waals surface area contributed by atoms with Crippen LogP contribution in [0.15, 0.2) is 85.2 Å². The van der Waals surface area contributed by atoms with Crippen LogP contribution in [0.5, 0.6) is 0 Å². The summed E-state index contributed by atoms with van der Waals surface area (Å²) in [5.41, 5.74) is 5.39. The Morgan fingerprint density at radius 1 is 0.882 bits per heavy atom. The number of hydrogen-bond donors (Lipinski definition) is 1. The maximum atomic E-state index is 13.9. The summed E-state index contributed by atoms with van der Waals surface area (Å²) in [7, 11) is 0. The van der Waals surface area contributed by atoms with Gasteiger partial charge in [-0.25, -0.2) is 18.7 Å². The van der Waals surface area contributed by atoms with Gasteiger partial charge in [-0.1, -0.05) is 60.2 Å². The summed E-state index contributed by atoms with van der Waals surface area (Å²) >= 11 is 0. The third-order valence-electron chi connectivity index (χ3n) is 5.95. The van der Waals surface area contributed by atoms with E-state index in [1.807, 2.05) is 60.0 Å². The van der Waals surface area contributed by atoms with E-state index >= 15 is 0 Å². The molecule has 2 heterocycles. The summed E-state index contributed by atoms with van der Waals surface area (Å²) in [5.74, 6) is -0.493. The maximum absolute atomic E-state index is 13.9. The molecule has 1 N–H and O–H groups in total. The highest BCUT2D eigenvalue weighted by Gasteiger charge is 2.18. The molecule has 0 amide bonds. The lowest BCUT2D eigenvalue weighted by atomic mass is 10.1. The number of hydrogen-bond acceptors (Lipinski definition) is 3. The van der Waals surface area contributed by atoms with E-state index in [9.17, 15) is 8.78 Å². The number of nitrogens with one attached hydrogen (secondary N) is 1. The summed E-state index contributed by atoms with van der Waals surface area (Å²) < 4.78 is 29.8. The molecule has 1 unspecified atom stereocenters. The second-order valence-corrected chi connectivity index (χ2v) is 8.50. The van der Waals surface area contributed by atoms with Crippen molar-refractivity contribution in [2.24, 2.45) is 0 Å². The standard InChI is InChI=1S/C28H24F2N4/c1-18-8-10-22(11-9-18)26-15-25-27(33-19(2)21-6-4-3-5-7-21)31-17-32-28(25)34(26)16-20-12-23(29)14-24(30)13-20/h3-15,17,19H,16H2,1-2H3,(H,31,32,33). The SMILES string of the molecule is Cc1ccc(-c2cc3c(NC(C)c4ccccc4)ncnc3n2Cc2cc(F)cc(F)c2)cc1. The second-order valence-electron chi connectivity index (χ2n) is 8.50. The quantitative estimate of drug-likeness (QED) is 0.303. The molecule has 5 rings (SSSR count). The molecule has 0 spiro atoms. The predicted molar refractivity (Wildman–Crippen MR) is 132 cm³/mol. The Hall–Kier alpha value is -4.06. The summed E-state index contributed by atoms with van der Waals surface area (Å²) in [6, 6.07) is 24.0. The predicted octanol–water partition coefficient (Wildman–Crippen LogP) is 6.91. The molecule has 0 aliphatic rings. The molecule has 0 aliphatic heterocycles. The van der Waals surface area contributed by atoms with Crippen LogP contribution in [0.25, 0.3) is 22.3 Å². The maximum Gasteiger partial charge on any atom is 0.146 e. The number of aryl methyl sites for hydroxylation is 1. The lowest BCUT2D eigenvalue weighted by Gasteiger charge is -2.15. The first-order valence-electron chi connectivity index (χ1n) is 11.2. The molecular formula is C28H24F2N4. The minimum atomic E-state index is -0.600. The summed E-state index contributed by atoms with van der Waals surface area (Å²) in [6.07, 6.45) is 1.52. The minimum absolute atomic E-state index is 0.0304. The van der Waals surface area contributed by atoms with Gasteiger partial charge in [-0.15, -0.1) is 0 Å². The van der Waals surface area contributed by atoms with E-state index in [1.54, 1.807) is 0 Å². The van der Waals surface area contributed by atoms with Gasteiger partial charge in [0.05, 0.1) is 11.1 Å². The molecule has 0 saturated heterocycles. The Kier molecular flexibility index (Phi) is 5.80. The van der Waals surface area contributed by atoms with Gasteiger partial charge in [0.1, 0.15) is 29.4 Å². The Morgan fingerprint density at radius 3 is 2.29 bits per heavy atom. The second kappa shape index (κ2) is 9.06. The molecule has 1 atom stereocenters. The highest BCUT2D eigenvalue weighted by Crippen LogP contribution is 2.33. The Balaban J connectivity index is 1.63. The highest BCUT2D eigenvalue weighted by molar-refractivity contribution is 5.92. The van der Waals surface area contributed by atoms with E-state index in [0.29, 0.717) is 17.0 Å². The first kappa shape index (κ1) is 21.8. The zero-order valence-corrected chi connectivity index (χ0v) is 19.0. The van der Waals surface area contributed by atoms with E-state index < -0.39 is 11.6 Å². The van der Waals surface area contributed by atoms with Crippen LogP contribution in [0.2, 0.25) is 0 Å². The van der Waals surface area contributed by atoms with Crippen LogP contribution in [0.4, 0.5) is 14.6 Å². The number of halogens is 2. The van der Waals surface area contributed by atoms with Crippen molar-refractivity contribution in [1.82, 2.24) is 14.5 Å². The van der Waals surface area contributed by atoms with Crippen molar-refractivity contribution in [3.63, 3.8) is 0 Å². The van der Waals surface area contributed by atoms with Gasteiger partial charge in [-0.3, -0.25) is 0 Å². The van der Waals surface area contributed by atoms with Crippen molar-refractivity contribution in [1.29, 1.82) is 0 Å². The summed E-state index contributed by atoms with van der Waals surface area (Å²) in [6.45, 7) is 4.38. The van der Waals surface area contributed by atoms with E-state index in [-0.39, 0.29) is 12.6 Å². The van der Waals surface area contributed by atoms with Crippen molar-refractivity contribution < 1.29 is 8.78 Å². The third kappa shape index (κ3) is 4.39. The summed E-state index contributed by atoms with van der Waals surface area (Å²) in [4.78, 5) is 9.07. The van der Waals surface area contributed by atoms with Gasteiger partial charge >= 0.3 is 0 Å². The van der Waals surface area contributed by atoms with Crippen molar-refractivity contribution in [3.05, 3.63) is 114 Å². The molecule has 0 fully saturated rings. The number of fused-ring (bicyclic) bond motifs is 1. The van der Waals surface area contributed by atoms with Gasteiger partial charge < -0.3 is 9.88 Å². The van der Waals surface area contributed by atoms with Crippen LogP contribution in [0.3, 0.4) is 0 Å². The molecule has 0 bridgehead atoms. The lowest BCUT2D eigenvalue weighted by molar-refractivity contribution is 0.578. The molecule has 0 radical (unpaired) electrons. The smallest absolute Gasteiger partial charge is 0.146 e. The Labute approximate surface area is 196 Å². The number of nitrogens with zero attached hydrogens (tertiary/aromatic N) is 3. The van der Waals surface area contributed by atoms with Crippen LogP contribution in [0, 0.1) is 18.6 Å². The third-order valence-corrected chi connectivity index (χ3v) is 5.95. The molecule has 6 heteroatoms. The first-order chi connectivity index (χ1) is 16.5. The van der Waals surface area contributed by atoms with E-state index in [1.165, 1.54) is 18.5 Å². The fourth-order valence-corrected chi connectivity index (χ4v) is 4.22. The molecule has 0 aliphatic carbocycles. The van der Waals surface area contributed by atoms with Crippen LogP contribution < -0.4 is 5.32 Å². The fraction of sp³-hybridized carbons (Fsp3) is 0.143. The average Bonchev–Trinajstić information content (AvgIpc) is 3.19. The molecule has 4 nitrogen and oxygen atoms in total. The molecule has 5 aromatic rings. The molecule has 34 heavy (non-hydrogen) atoms. The molecular weight excluding hydrogens is 430 g/mol. The van der Waals surface area contributed by atoms with Gasteiger partial charge in [0.25, 0.3) is 0 Å². The lowest BCUT2D eigenvalue weighted by Crippen LogP contribution is -2.09. The normalized spacial score (nSPS) is 12.1. The van der Waals surface area contributed by atoms with Gasteiger partial charge in [-0.2, -0.15) is 0 Å². The number of rotatable bonds is 6. The minimum Gasteiger partial charge on any atom is -0.363 e. The highest BCUT2D eigenvalue weighted by atomic mass is 19.1. The number of anilines is 1. The van der Waals surface area contributed by atoms with Crippen molar-refractivity contribution in [3.8, 4) is 11.3 Å². The van der Waals surface area contributed by atoms with Gasteiger partial charge in [-0.05, 0) is 48.7 Å². The van der Waals surface area contributed by atoms with Crippen molar-refractivity contribution in [2.75, 3.05) is 5.32 Å². The van der Waals surface area contributed by atoms with E-state index in [0.717, 1.165) is 33.8 Å². The first-order valence-corrected chi connectivity index (χ1v) is 11.2. The zero-order valence-electron chi connectivity index (χ0n) is 19.0. The molecule has 3 aromatic carbocycles. The zero-order chi connectivity index (χ0) is 23.7. The van der Waals surface area contributed by atoms with Crippen LogP contribution in [-0.2, 0) is 6.54 Å². The van der Waals surface area contributed by atoms with Crippen molar-refractivity contribution in [2.45, 2.75) is 26.4 Å². The van der Waals surface area contributed by atoms with Crippen molar-refractivity contribution >= 4 is 16.9 Å². The van der Waals surface area contributed by atoms with Crippen LogP contribution in [-0.4, -0.2) is 14.5 Å². The van der Waals surface area contributed by atoms with Gasteiger partial charge in [0, 0.05) is 18.7 Å². The van der Waals surface area contributed by atoms with Gasteiger partial charge in [0.2, 0.25) is 0 Å². The van der Waals surface area contributed by atoms with Crippen LogP contribution in [0.1, 0.15) is 29.7 Å². The molecule has 0 saturated carbocycles. The van der Waals surface area contributed by atoms with Gasteiger partial charge in [0.15, 0.2) is 0 Å². The Morgan fingerprint density at radius 2 is 1.59 bits per heavy atom. The topological polar surface area (TPSA) is 42.7 Å². The fourth-order valence-electron chi connectivity index (χ4n) is 4.22. The Bertz CT molecular complexity index is 1420.